The summed E-state index contributed by atoms with van der Waals surface area (Å²) in [6.07, 6.45) is 12.1. The van der Waals surface area contributed by atoms with E-state index in [-0.39, 0.29) is 0 Å². The maximum absolute atomic E-state index is 4.98. The van der Waals surface area contributed by atoms with Crippen molar-refractivity contribution in [1.29, 1.82) is 0 Å². The van der Waals surface area contributed by atoms with Crippen LogP contribution in [0, 0.1) is 12.3 Å². The van der Waals surface area contributed by atoms with E-state index in [2.05, 4.69) is 10.9 Å². The molecule has 10 heavy (non-hydrogen) atoms. The van der Waals surface area contributed by atoms with E-state index in [1.54, 1.807) is 0 Å². The molecule has 52 valence electrons. The Hall–Kier alpha value is -1.29. The zero-order chi connectivity index (χ0) is 7.82. The van der Waals surface area contributed by atoms with Gasteiger partial charge in [0.25, 0.3) is 0 Å². The Kier molecular flexibility index (Phi) is 5.09. The predicted octanol–water partition coefficient (Wildman–Crippen LogP) is 2.17. The molecule has 0 aromatic carbocycles. The largest absolute Gasteiger partial charge is 0.248 e. The van der Waals surface area contributed by atoms with Crippen molar-refractivity contribution in [3.05, 3.63) is 23.9 Å². The molecule has 0 aromatic rings. The molecule has 0 fully saturated rings. The average molecular weight is 133 g/mol. The number of terminal acetylenes is 1. The quantitative estimate of drug-likeness (QED) is 0.311. The molecule has 0 bridgehead atoms. The monoisotopic (exact) mass is 133 g/mol. The first-order chi connectivity index (χ1) is 4.85. The topological polar surface area (TPSA) is 12.4 Å². The van der Waals surface area contributed by atoms with Crippen LogP contribution in [0.15, 0.2) is 28.9 Å². The summed E-state index contributed by atoms with van der Waals surface area (Å²) in [5.74, 6) is 2.32. The first kappa shape index (κ1) is 8.71. The zero-order valence-electron chi connectivity index (χ0n) is 6.33. The molecule has 1 nitrogen and oxygen atoms in total. The summed E-state index contributed by atoms with van der Waals surface area (Å²) >= 11 is 0. The second-order valence-corrected chi connectivity index (χ2v) is 1.64. The summed E-state index contributed by atoms with van der Waals surface area (Å²) < 4.78 is 0. The highest BCUT2D eigenvalue weighted by Crippen LogP contribution is 1.96. The molecule has 0 aliphatic rings. The van der Waals surface area contributed by atoms with E-state index < -0.39 is 0 Å². The molecule has 0 heterocycles. The van der Waals surface area contributed by atoms with E-state index in [1.807, 2.05) is 32.1 Å². The van der Waals surface area contributed by atoms with Gasteiger partial charge in [0.2, 0.25) is 0 Å². The highest BCUT2D eigenvalue weighted by atomic mass is 14.7. The van der Waals surface area contributed by atoms with Gasteiger partial charge in [-0.1, -0.05) is 18.1 Å². The van der Waals surface area contributed by atoms with Crippen LogP contribution in [0.4, 0.5) is 0 Å². The van der Waals surface area contributed by atoms with E-state index in [4.69, 9.17) is 6.42 Å². The standard InChI is InChI=1S/C9H11N/c1-4-7-9(6-3)10-8-5-2/h2,4,6-8H,1,3H3/b7-4+,9-6-,10-8?. The maximum atomic E-state index is 4.98. The molecule has 0 atom stereocenters. The number of hydrogen-bond donors (Lipinski definition) is 0. The zero-order valence-corrected chi connectivity index (χ0v) is 6.33. The van der Waals surface area contributed by atoms with E-state index >= 15 is 0 Å². The fourth-order valence-corrected chi connectivity index (χ4v) is 0.496. The fraction of sp³-hybridized carbons (Fsp3) is 0.222. The first-order valence-electron chi connectivity index (χ1n) is 3.12. The lowest BCUT2D eigenvalue weighted by molar-refractivity contribution is 1.39. The van der Waals surface area contributed by atoms with Gasteiger partial charge in [-0.15, -0.1) is 6.42 Å². The normalized spacial score (nSPS) is 12.7. The molecule has 0 saturated carbocycles. The third kappa shape index (κ3) is 3.68. The SMILES string of the molecule is C#CC=NC(=C\C)/C=C/C. The molecule has 0 aliphatic heterocycles. The lowest BCUT2D eigenvalue weighted by atomic mass is 10.4. The van der Waals surface area contributed by atoms with Crippen LogP contribution in [0.5, 0.6) is 0 Å². The summed E-state index contributed by atoms with van der Waals surface area (Å²) in [7, 11) is 0. The van der Waals surface area contributed by atoms with Gasteiger partial charge in [0, 0.05) is 0 Å². The Bertz CT molecular complexity index is 201. The van der Waals surface area contributed by atoms with Crippen molar-refractivity contribution in [3.8, 4) is 12.3 Å². The van der Waals surface area contributed by atoms with Gasteiger partial charge in [0.05, 0.1) is 11.9 Å². The van der Waals surface area contributed by atoms with Crippen molar-refractivity contribution in [1.82, 2.24) is 0 Å². The minimum atomic E-state index is 0.889. The van der Waals surface area contributed by atoms with Gasteiger partial charge in [0.15, 0.2) is 0 Å². The summed E-state index contributed by atoms with van der Waals surface area (Å²) in [6.45, 7) is 3.86. The van der Waals surface area contributed by atoms with Gasteiger partial charge in [0.1, 0.15) is 0 Å². The smallest absolute Gasteiger partial charge is 0.0770 e. The molecule has 0 spiro atoms. The Balaban J connectivity index is 4.14. The molecule has 0 unspecified atom stereocenters. The molecule has 1 heteroatoms. The van der Waals surface area contributed by atoms with Crippen molar-refractivity contribution in [3.63, 3.8) is 0 Å². The number of hydrogen-bond acceptors (Lipinski definition) is 1. The van der Waals surface area contributed by atoms with Crippen molar-refractivity contribution >= 4 is 6.21 Å². The van der Waals surface area contributed by atoms with E-state index in [9.17, 15) is 0 Å². The molecule has 0 radical (unpaired) electrons. The number of nitrogens with zero attached hydrogens (tertiary/aromatic N) is 1. The van der Waals surface area contributed by atoms with Crippen LogP contribution < -0.4 is 0 Å². The number of rotatable bonds is 2. The van der Waals surface area contributed by atoms with Crippen molar-refractivity contribution < 1.29 is 0 Å². The van der Waals surface area contributed by atoms with Crippen LogP contribution in [0.1, 0.15) is 13.8 Å². The number of aliphatic imine (C=N–C) groups is 1. The van der Waals surface area contributed by atoms with Crippen LogP contribution in [0.3, 0.4) is 0 Å². The van der Waals surface area contributed by atoms with E-state index in [1.165, 1.54) is 6.21 Å². The number of allylic oxidation sites excluding steroid dienone is 3. The Morgan fingerprint density at radius 3 is 2.60 bits per heavy atom. The van der Waals surface area contributed by atoms with Gasteiger partial charge in [-0.25, -0.2) is 4.99 Å². The Labute approximate surface area is 62.2 Å². The van der Waals surface area contributed by atoms with Crippen LogP contribution in [0.25, 0.3) is 0 Å². The summed E-state index contributed by atoms with van der Waals surface area (Å²) in [5.41, 5.74) is 0.889. The molecule has 0 aromatic heterocycles. The molecular formula is C9H11N. The Morgan fingerprint density at radius 2 is 2.20 bits per heavy atom. The van der Waals surface area contributed by atoms with Crippen molar-refractivity contribution in [2.75, 3.05) is 0 Å². The third-order valence-electron chi connectivity index (χ3n) is 0.921. The summed E-state index contributed by atoms with van der Waals surface area (Å²) in [6, 6.07) is 0. The maximum Gasteiger partial charge on any atom is 0.0770 e. The van der Waals surface area contributed by atoms with Crippen LogP contribution in [0.2, 0.25) is 0 Å². The Morgan fingerprint density at radius 1 is 1.50 bits per heavy atom. The highest BCUT2D eigenvalue weighted by molar-refractivity contribution is 5.78. The van der Waals surface area contributed by atoms with Gasteiger partial charge >= 0.3 is 0 Å². The van der Waals surface area contributed by atoms with E-state index in [0.717, 1.165) is 5.70 Å². The molecule has 0 saturated heterocycles. The summed E-state index contributed by atoms with van der Waals surface area (Å²) in [5, 5.41) is 0. The van der Waals surface area contributed by atoms with Crippen molar-refractivity contribution in [2.24, 2.45) is 4.99 Å². The molecular weight excluding hydrogens is 122 g/mol. The fourth-order valence-electron chi connectivity index (χ4n) is 0.496. The minimum absolute atomic E-state index is 0.889. The molecule has 0 amide bonds. The molecule has 0 rings (SSSR count). The summed E-state index contributed by atoms with van der Waals surface area (Å²) in [4.78, 5) is 3.96. The second kappa shape index (κ2) is 5.84. The predicted molar refractivity (Wildman–Crippen MR) is 45.9 cm³/mol. The van der Waals surface area contributed by atoms with Gasteiger partial charge < -0.3 is 0 Å². The minimum Gasteiger partial charge on any atom is -0.248 e. The lowest BCUT2D eigenvalue weighted by Gasteiger charge is -1.86. The first-order valence-corrected chi connectivity index (χ1v) is 3.12. The second-order valence-electron chi connectivity index (χ2n) is 1.64. The van der Waals surface area contributed by atoms with Gasteiger partial charge in [-0.05, 0) is 19.9 Å². The van der Waals surface area contributed by atoms with Gasteiger partial charge in [-0.3, -0.25) is 0 Å². The van der Waals surface area contributed by atoms with Crippen LogP contribution >= 0.6 is 0 Å². The highest BCUT2D eigenvalue weighted by Gasteiger charge is 1.78. The average Bonchev–Trinajstić information content (AvgIpc) is 1.98. The van der Waals surface area contributed by atoms with Gasteiger partial charge in [-0.2, -0.15) is 0 Å². The molecule has 0 N–H and O–H groups in total. The van der Waals surface area contributed by atoms with E-state index in [0.29, 0.717) is 0 Å². The van der Waals surface area contributed by atoms with Crippen LogP contribution in [-0.4, -0.2) is 6.21 Å². The van der Waals surface area contributed by atoms with Crippen molar-refractivity contribution in [2.45, 2.75) is 13.8 Å². The third-order valence-corrected chi connectivity index (χ3v) is 0.921. The van der Waals surface area contributed by atoms with Crippen LogP contribution in [-0.2, 0) is 0 Å². The molecule has 0 aliphatic carbocycles. The lowest BCUT2D eigenvalue weighted by Crippen LogP contribution is -1.71.